The van der Waals surface area contributed by atoms with Gasteiger partial charge < -0.3 is 0 Å². The summed E-state index contributed by atoms with van der Waals surface area (Å²) in [5.74, 6) is 0. The third-order valence-corrected chi connectivity index (χ3v) is 5.71. The van der Waals surface area contributed by atoms with Gasteiger partial charge in [-0.1, -0.05) is 0 Å². The normalized spacial score (nSPS) is 26.6. The maximum Gasteiger partial charge on any atom is 0.201 e. The Kier molecular flexibility index (Phi) is 2.24. The van der Waals surface area contributed by atoms with Gasteiger partial charge in [-0.05, 0) is 25.7 Å². The highest BCUT2D eigenvalue weighted by Gasteiger charge is 2.60. The minimum atomic E-state index is -0.349. The van der Waals surface area contributed by atoms with Gasteiger partial charge in [-0.15, -0.1) is 37.0 Å². The number of carbonyl (C=O) groups excluding carboxylic acids is 2. The van der Waals surface area contributed by atoms with Gasteiger partial charge in [0, 0.05) is 0 Å². The molecule has 0 aromatic heterocycles. The predicted octanol–water partition coefficient (Wildman–Crippen LogP) is 1.70. The SMILES string of the molecule is O=C(S)C1(SC2(C(=O)S)CC2)CC1. The Hall–Kier alpha value is 0.390. The van der Waals surface area contributed by atoms with Crippen molar-refractivity contribution in [3.8, 4) is 0 Å². The number of thiol groups is 2. The quantitative estimate of drug-likeness (QED) is 0.727. The third-order valence-electron chi connectivity index (χ3n) is 2.58. The summed E-state index contributed by atoms with van der Waals surface area (Å²) in [7, 11) is 0. The lowest BCUT2D eigenvalue weighted by Gasteiger charge is -2.16. The van der Waals surface area contributed by atoms with E-state index in [0.29, 0.717) is 0 Å². The van der Waals surface area contributed by atoms with Gasteiger partial charge in [0.25, 0.3) is 0 Å². The molecular weight excluding hydrogens is 224 g/mol. The molecule has 0 atom stereocenters. The highest BCUT2D eigenvalue weighted by atomic mass is 32.2. The molecule has 2 fully saturated rings. The van der Waals surface area contributed by atoms with Crippen LogP contribution in [-0.2, 0) is 9.59 Å². The average Bonchev–Trinajstić information content (AvgIpc) is 2.86. The van der Waals surface area contributed by atoms with Crippen LogP contribution >= 0.6 is 37.0 Å². The van der Waals surface area contributed by atoms with Crippen molar-refractivity contribution in [1.82, 2.24) is 0 Å². The number of hydrogen-bond donors (Lipinski definition) is 2. The first-order valence-corrected chi connectivity index (χ1v) is 5.89. The Bertz CT molecular complexity index is 251. The van der Waals surface area contributed by atoms with E-state index in [-0.39, 0.29) is 19.7 Å². The maximum atomic E-state index is 11.2. The van der Waals surface area contributed by atoms with Crippen LogP contribution in [0.3, 0.4) is 0 Å². The van der Waals surface area contributed by atoms with E-state index in [9.17, 15) is 9.59 Å². The fraction of sp³-hybridized carbons (Fsp3) is 0.750. The Morgan fingerprint density at radius 1 is 0.923 bits per heavy atom. The summed E-state index contributed by atoms with van der Waals surface area (Å²) in [5, 5.41) is -0.170. The molecule has 2 aliphatic rings. The summed E-state index contributed by atoms with van der Waals surface area (Å²) in [6.07, 6.45) is 3.46. The molecule has 0 aromatic carbocycles. The zero-order valence-corrected chi connectivity index (χ0v) is 9.55. The second kappa shape index (κ2) is 2.94. The van der Waals surface area contributed by atoms with Gasteiger partial charge in [-0.25, -0.2) is 0 Å². The van der Waals surface area contributed by atoms with E-state index < -0.39 is 0 Å². The lowest BCUT2D eigenvalue weighted by Crippen LogP contribution is -2.23. The molecule has 0 saturated heterocycles. The van der Waals surface area contributed by atoms with Crippen molar-refractivity contribution in [1.29, 1.82) is 0 Å². The average molecular weight is 234 g/mol. The summed E-state index contributed by atoms with van der Waals surface area (Å²) in [4.78, 5) is 22.3. The molecule has 0 aromatic rings. The molecule has 0 amide bonds. The van der Waals surface area contributed by atoms with Crippen LogP contribution in [0.25, 0.3) is 0 Å². The molecule has 0 spiro atoms. The Balaban J connectivity index is 2.06. The topological polar surface area (TPSA) is 34.1 Å². The Labute approximate surface area is 92.0 Å². The fourth-order valence-electron chi connectivity index (χ4n) is 1.32. The van der Waals surface area contributed by atoms with Gasteiger partial charge >= 0.3 is 0 Å². The molecule has 2 rings (SSSR count). The van der Waals surface area contributed by atoms with Crippen molar-refractivity contribution in [3.05, 3.63) is 0 Å². The van der Waals surface area contributed by atoms with E-state index in [1.807, 2.05) is 0 Å². The molecule has 0 heterocycles. The van der Waals surface area contributed by atoms with Crippen LogP contribution in [0.15, 0.2) is 0 Å². The number of rotatable bonds is 4. The molecule has 2 saturated carbocycles. The fourth-order valence-corrected chi connectivity index (χ4v) is 3.58. The molecular formula is C8H10O2S3. The summed E-state index contributed by atoms with van der Waals surface area (Å²) in [6.45, 7) is 0. The van der Waals surface area contributed by atoms with Gasteiger partial charge in [0.05, 0.1) is 9.49 Å². The van der Waals surface area contributed by atoms with Crippen molar-refractivity contribution < 1.29 is 9.59 Å². The number of carbonyl (C=O) groups is 2. The Morgan fingerprint density at radius 2 is 1.23 bits per heavy atom. The lowest BCUT2D eigenvalue weighted by molar-refractivity contribution is -0.111. The van der Waals surface area contributed by atoms with E-state index >= 15 is 0 Å². The summed E-state index contributed by atoms with van der Waals surface area (Å²) in [6, 6.07) is 0. The first-order chi connectivity index (χ1) is 6.01. The summed E-state index contributed by atoms with van der Waals surface area (Å²) < 4.78 is -0.698. The van der Waals surface area contributed by atoms with Gasteiger partial charge in [0.2, 0.25) is 10.2 Å². The van der Waals surface area contributed by atoms with Crippen LogP contribution in [-0.4, -0.2) is 19.7 Å². The van der Waals surface area contributed by atoms with Crippen molar-refractivity contribution in [2.45, 2.75) is 35.2 Å². The standard InChI is InChI=1S/C8H10O2S3/c9-5(11)7(1-2-7)13-8(3-4-8)6(10)12/h1-4H2,(H,9,11)(H,10,12). The van der Waals surface area contributed by atoms with Crippen molar-refractivity contribution in [2.24, 2.45) is 0 Å². The lowest BCUT2D eigenvalue weighted by atomic mass is 10.4. The van der Waals surface area contributed by atoms with Crippen molar-refractivity contribution in [2.75, 3.05) is 0 Å². The number of thioether (sulfide) groups is 1. The van der Waals surface area contributed by atoms with Crippen LogP contribution < -0.4 is 0 Å². The smallest absolute Gasteiger partial charge is 0.201 e. The second-order valence-corrected chi connectivity index (χ2v) is 6.28. The van der Waals surface area contributed by atoms with Gasteiger partial charge in [0.15, 0.2) is 0 Å². The van der Waals surface area contributed by atoms with E-state index in [1.54, 1.807) is 0 Å². The molecule has 5 heteroatoms. The first-order valence-electron chi connectivity index (χ1n) is 4.18. The molecule has 0 N–H and O–H groups in total. The van der Waals surface area contributed by atoms with Crippen LogP contribution in [0.4, 0.5) is 0 Å². The molecule has 2 aliphatic carbocycles. The monoisotopic (exact) mass is 234 g/mol. The second-order valence-electron chi connectivity index (χ2n) is 3.70. The van der Waals surface area contributed by atoms with Gasteiger partial charge in [-0.2, -0.15) is 0 Å². The van der Waals surface area contributed by atoms with E-state index in [0.717, 1.165) is 25.7 Å². The molecule has 0 aliphatic heterocycles. The molecule has 2 nitrogen and oxygen atoms in total. The summed E-state index contributed by atoms with van der Waals surface area (Å²) >= 11 is 9.20. The van der Waals surface area contributed by atoms with E-state index in [1.165, 1.54) is 11.8 Å². The van der Waals surface area contributed by atoms with E-state index in [2.05, 4.69) is 25.3 Å². The third kappa shape index (κ3) is 1.66. The Morgan fingerprint density at radius 3 is 1.38 bits per heavy atom. The number of hydrogen-bond acceptors (Lipinski definition) is 3. The molecule has 0 bridgehead atoms. The molecule has 72 valence electrons. The van der Waals surface area contributed by atoms with Gasteiger partial charge in [-0.3, -0.25) is 9.59 Å². The van der Waals surface area contributed by atoms with Crippen LogP contribution in [0.1, 0.15) is 25.7 Å². The molecule has 13 heavy (non-hydrogen) atoms. The predicted molar refractivity (Wildman–Crippen MR) is 59.5 cm³/mol. The maximum absolute atomic E-state index is 11.2. The minimum Gasteiger partial charge on any atom is -0.286 e. The molecule has 0 radical (unpaired) electrons. The summed E-state index contributed by atoms with van der Waals surface area (Å²) in [5.41, 5.74) is 0. The largest absolute Gasteiger partial charge is 0.286 e. The first kappa shape index (κ1) is 9.93. The highest BCUT2D eigenvalue weighted by Crippen LogP contribution is 2.63. The van der Waals surface area contributed by atoms with Crippen LogP contribution in [0, 0.1) is 0 Å². The van der Waals surface area contributed by atoms with Crippen LogP contribution in [0.5, 0.6) is 0 Å². The van der Waals surface area contributed by atoms with Gasteiger partial charge in [0.1, 0.15) is 0 Å². The van der Waals surface area contributed by atoms with Crippen molar-refractivity contribution >= 4 is 47.3 Å². The molecule has 0 unspecified atom stereocenters. The minimum absolute atomic E-state index is 0.0849. The highest BCUT2D eigenvalue weighted by molar-refractivity contribution is 8.10. The van der Waals surface area contributed by atoms with E-state index in [4.69, 9.17) is 0 Å². The van der Waals surface area contributed by atoms with Crippen molar-refractivity contribution in [3.63, 3.8) is 0 Å². The zero-order chi connectivity index (χ0) is 9.69. The zero-order valence-electron chi connectivity index (χ0n) is 6.95. The van der Waals surface area contributed by atoms with Crippen LogP contribution in [0.2, 0.25) is 0 Å².